The average molecular weight is 315 g/mol. The summed E-state index contributed by atoms with van der Waals surface area (Å²) in [4.78, 5) is 13.8. The van der Waals surface area contributed by atoms with Gasteiger partial charge >= 0.3 is 6.03 Å². The van der Waals surface area contributed by atoms with Gasteiger partial charge in [0.25, 0.3) is 0 Å². The van der Waals surface area contributed by atoms with Crippen LogP contribution in [0.4, 0.5) is 14.9 Å². The second-order valence-electron chi connectivity index (χ2n) is 4.75. The highest BCUT2D eigenvalue weighted by molar-refractivity contribution is 9.10. The number of benzene rings is 1. The summed E-state index contributed by atoms with van der Waals surface area (Å²) in [5, 5.41) is 2.79. The summed E-state index contributed by atoms with van der Waals surface area (Å²) in [7, 11) is 0. The Bertz CT molecular complexity index is 453. The van der Waals surface area contributed by atoms with Crippen LogP contribution in [0.25, 0.3) is 0 Å². The first-order valence-electron chi connectivity index (χ1n) is 6.07. The molecule has 1 aliphatic rings. The van der Waals surface area contributed by atoms with Gasteiger partial charge in [0.05, 0.1) is 4.47 Å². The molecule has 3 nitrogen and oxygen atoms in total. The predicted molar refractivity (Wildman–Crippen MR) is 73.1 cm³/mol. The van der Waals surface area contributed by atoms with Crippen molar-refractivity contribution in [3.05, 3.63) is 28.5 Å². The summed E-state index contributed by atoms with van der Waals surface area (Å²) in [6.07, 6.45) is 2.22. The zero-order valence-electron chi connectivity index (χ0n) is 10.2. The quantitative estimate of drug-likeness (QED) is 0.839. The number of hydrogen-bond acceptors (Lipinski definition) is 1. The van der Waals surface area contributed by atoms with Gasteiger partial charge in [-0.2, -0.15) is 0 Å². The van der Waals surface area contributed by atoms with Crippen LogP contribution in [0.5, 0.6) is 0 Å². The van der Waals surface area contributed by atoms with Crippen molar-refractivity contribution in [1.82, 2.24) is 4.90 Å². The maximum atomic E-state index is 13.1. The third kappa shape index (κ3) is 3.22. The number of urea groups is 1. The molecule has 2 rings (SSSR count). The normalized spacial score (nSPS) is 19.7. The summed E-state index contributed by atoms with van der Waals surface area (Å²) in [5.41, 5.74) is 0.603. The zero-order valence-corrected chi connectivity index (χ0v) is 11.8. The summed E-state index contributed by atoms with van der Waals surface area (Å²) in [5.74, 6) is 0.212. The van der Waals surface area contributed by atoms with Crippen LogP contribution in [-0.2, 0) is 0 Å². The Balaban J connectivity index is 2.00. The Labute approximate surface area is 114 Å². The van der Waals surface area contributed by atoms with E-state index in [1.54, 1.807) is 12.1 Å². The number of halogens is 2. The van der Waals surface area contributed by atoms with E-state index in [0.717, 1.165) is 19.5 Å². The van der Waals surface area contributed by atoms with E-state index in [4.69, 9.17) is 0 Å². The summed E-state index contributed by atoms with van der Waals surface area (Å²) in [6, 6.07) is 4.35. The summed E-state index contributed by atoms with van der Waals surface area (Å²) >= 11 is 3.10. The average Bonchev–Trinajstić information content (AvgIpc) is 2.34. The van der Waals surface area contributed by atoms with Gasteiger partial charge in [0, 0.05) is 18.8 Å². The van der Waals surface area contributed by atoms with E-state index in [9.17, 15) is 9.18 Å². The standard InChI is InChI=1S/C13H16BrFN2O/c1-9-3-2-6-17(8-9)13(18)16-10-4-5-12(15)11(14)7-10/h4-5,7,9H,2-3,6,8H2,1H3,(H,16,18). The Morgan fingerprint density at radius 1 is 1.56 bits per heavy atom. The molecule has 1 aliphatic heterocycles. The minimum absolute atomic E-state index is 0.111. The molecular weight excluding hydrogens is 299 g/mol. The Morgan fingerprint density at radius 3 is 3.00 bits per heavy atom. The first-order chi connectivity index (χ1) is 8.56. The van der Waals surface area contributed by atoms with Crippen molar-refractivity contribution in [3.63, 3.8) is 0 Å². The molecule has 1 aromatic rings. The van der Waals surface area contributed by atoms with E-state index >= 15 is 0 Å². The molecule has 98 valence electrons. The molecule has 0 aliphatic carbocycles. The number of amides is 2. The van der Waals surface area contributed by atoms with Crippen molar-refractivity contribution in [2.24, 2.45) is 5.92 Å². The third-order valence-electron chi connectivity index (χ3n) is 3.12. The second kappa shape index (κ2) is 5.69. The van der Waals surface area contributed by atoms with Gasteiger partial charge in [-0.05, 0) is 52.9 Å². The molecular formula is C13H16BrFN2O. The molecule has 18 heavy (non-hydrogen) atoms. The lowest BCUT2D eigenvalue weighted by molar-refractivity contribution is 0.182. The number of anilines is 1. The smallest absolute Gasteiger partial charge is 0.321 e. The highest BCUT2D eigenvalue weighted by Gasteiger charge is 2.20. The van der Waals surface area contributed by atoms with Gasteiger partial charge in [0.1, 0.15) is 5.82 Å². The van der Waals surface area contributed by atoms with E-state index in [-0.39, 0.29) is 11.8 Å². The number of rotatable bonds is 1. The van der Waals surface area contributed by atoms with Crippen LogP contribution in [-0.4, -0.2) is 24.0 Å². The van der Waals surface area contributed by atoms with E-state index < -0.39 is 0 Å². The fraction of sp³-hybridized carbons (Fsp3) is 0.462. The van der Waals surface area contributed by atoms with Crippen LogP contribution in [0.3, 0.4) is 0 Å². The van der Waals surface area contributed by atoms with Gasteiger partial charge in [-0.25, -0.2) is 9.18 Å². The second-order valence-corrected chi connectivity index (χ2v) is 5.61. The molecule has 0 bridgehead atoms. The van der Waals surface area contributed by atoms with Gasteiger partial charge in [-0.15, -0.1) is 0 Å². The number of piperidine rings is 1. The molecule has 1 atom stereocenters. The largest absolute Gasteiger partial charge is 0.324 e. The predicted octanol–water partition coefficient (Wildman–Crippen LogP) is 3.85. The van der Waals surface area contributed by atoms with Gasteiger partial charge in [-0.3, -0.25) is 0 Å². The van der Waals surface area contributed by atoms with Crippen molar-refractivity contribution in [2.45, 2.75) is 19.8 Å². The number of nitrogens with zero attached hydrogens (tertiary/aromatic N) is 1. The fourth-order valence-corrected chi connectivity index (χ4v) is 2.53. The van der Waals surface area contributed by atoms with Gasteiger partial charge in [0.15, 0.2) is 0 Å². The molecule has 0 aromatic heterocycles. The lowest BCUT2D eigenvalue weighted by Crippen LogP contribution is -2.41. The molecule has 1 unspecified atom stereocenters. The van der Waals surface area contributed by atoms with E-state index in [1.165, 1.54) is 12.5 Å². The highest BCUT2D eigenvalue weighted by atomic mass is 79.9. The Hall–Kier alpha value is -1.10. The minimum atomic E-state index is -0.334. The zero-order chi connectivity index (χ0) is 13.1. The molecule has 5 heteroatoms. The fourth-order valence-electron chi connectivity index (χ4n) is 2.15. The molecule has 0 saturated carbocycles. The first-order valence-corrected chi connectivity index (χ1v) is 6.86. The van der Waals surface area contributed by atoms with Crippen LogP contribution in [0.15, 0.2) is 22.7 Å². The monoisotopic (exact) mass is 314 g/mol. The molecule has 0 spiro atoms. The topological polar surface area (TPSA) is 32.3 Å². The molecule has 0 radical (unpaired) electrons. The Kier molecular flexibility index (Phi) is 4.22. The van der Waals surface area contributed by atoms with Crippen molar-refractivity contribution in [3.8, 4) is 0 Å². The third-order valence-corrected chi connectivity index (χ3v) is 3.72. The van der Waals surface area contributed by atoms with Gasteiger partial charge < -0.3 is 10.2 Å². The van der Waals surface area contributed by atoms with E-state index in [1.807, 2.05) is 4.90 Å². The van der Waals surface area contributed by atoms with Gasteiger partial charge in [0.2, 0.25) is 0 Å². The molecule has 1 saturated heterocycles. The van der Waals surface area contributed by atoms with Crippen molar-refractivity contribution in [2.75, 3.05) is 18.4 Å². The Morgan fingerprint density at radius 2 is 2.33 bits per heavy atom. The van der Waals surface area contributed by atoms with Gasteiger partial charge in [-0.1, -0.05) is 6.92 Å². The number of likely N-dealkylation sites (tertiary alicyclic amines) is 1. The van der Waals surface area contributed by atoms with Crippen LogP contribution in [0.1, 0.15) is 19.8 Å². The van der Waals surface area contributed by atoms with E-state index in [0.29, 0.717) is 16.1 Å². The summed E-state index contributed by atoms with van der Waals surface area (Å²) < 4.78 is 13.4. The van der Waals surface area contributed by atoms with Crippen LogP contribution in [0, 0.1) is 11.7 Å². The van der Waals surface area contributed by atoms with Crippen molar-refractivity contribution >= 4 is 27.6 Å². The lowest BCUT2D eigenvalue weighted by atomic mass is 10.0. The van der Waals surface area contributed by atoms with Crippen LogP contribution >= 0.6 is 15.9 Å². The van der Waals surface area contributed by atoms with E-state index in [2.05, 4.69) is 28.2 Å². The number of nitrogens with one attached hydrogen (secondary N) is 1. The molecule has 1 fully saturated rings. The molecule has 1 heterocycles. The van der Waals surface area contributed by atoms with Crippen molar-refractivity contribution in [1.29, 1.82) is 0 Å². The van der Waals surface area contributed by atoms with Crippen LogP contribution in [0.2, 0.25) is 0 Å². The maximum Gasteiger partial charge on any atom is 0.321 e. The first kappa shape index (κ1) is 13.3. The molecule has 1 aromatic carbocycles. The lowest BCUT2D eigenvalue weighted by Gasteiger charge is -2.30. The van der Waals surface area contributed by atoms with Crippen molar-refractivity contribution < 1.29 is 9.18 Å². The molecule has 1 N–H and O–H groups in total. The maximum absolute atomic E-state index is 13.1. The minimum Gasteiger partial charge on any atom is -0.324 e. The summed E-state index contributed by atoms with van der Waals surface area (Å²) in [6.45, 7) is 3.72. The number of carbonyl (C=O) groups is 1. The highest BCUT2D eigenvalue weighted by Crippen LogP contribution is 2.21. The SMILES string of the molecule is CC1CCCN(C(=O)Nc2ccc(F)c(Br)c2)C1. The van der Waals surface area contributed by atoms with Crippen LogP contribution < -0.4 is 5.32 Å². The number of hydrogen-bond donors (Lipinski definition) is 1. The molecule has 2 amide bonds. The number of carbonyl (C=O) groups excluding carboxylic acids is 1.